The van der Waals surface area contributed by atoms with Crippen LogP contribution < -0.4 is 28.0 Å². The maximum absolute atomic E-state index is 14.0. The highest BCUT2D eigenvalue weighted by molar-refractivity contribution is 7.92. The van der Waals surface area contributed by atoms with Gasteiger partial charge in [0.05, 0.1) is 31.4 Å². The van der Waals surface area contributed by atoms with Crippen LogP contribution in [0.2, 0.25) is 0 Å². The number of carbonyl (C=O) groups excluding carboxylic acids is 1. The number of sulfonamides is 1. The monoisotopic (exact) mass is 597 g/mol. The molecular weight excluding hydrogens is 562 g/mol. The molecule has 0 aromatic heterocycles. The SMILES string of the molecule is CCOc1ccc(N(CC(=O)N2CCN(Cc3ccc4c(c3)OCO4)CC2)S(=O)(=O)c2ccc(OC)c(OC)c2)cc1. The van der Waals surface area contributed by atoms with Crippen LogP contribution in [-0.4, -0.2) is 84.5 Å². The predicted molar refractivity (Wildman–Crippen MR) is 156 cm³/mol. The van der Waals surface area contributed by atoms with Gasteiger partial charge in [-0.3, -0.25) is 14.0 Å². The van der Waals surface area contributed by atoms with Crippen molar-refractivity contribution in [3.63, 3.8) is 0 Å². The zero-order chi connectivity index (χ0) is 29.7. The summed E-state index contributed by atoms with van der Waals surface area (Å²) in [5.41, 5.74) is 1.45. The molecule has 11 nitrogen and oxygen atoms in total. The molecule has 1 saturated heterocycles. The Hall–Kier alpha value is -4.16. The number of ether oxygens (including phenoxy) is 5. The zero-order valence-electron chi connectivity index (χ0n) is 23.9. The first-order chi connectivity index (χ1) is 20.3. The minimum absolute atomic E-state index is 0.0182. The van der Waals surface area contributed by atoms with Gasteiger partial charge in [-0.2, -0.15) is 0 Å². The minimum Gasteiger partial charge on any atom is -0.494 e. The van der Waals surface area contributed by atoms with Crippen LogP contribution in [0.25, 0.3) is 0 Å². The number of rotatable bonds is 11. The number of fused-ring (bicyclic) bond motifs is 1. The third kappa shape index (κ3) is 6.34. The van der Waals surface area contributed by atoms with Gasteiger partial charge >= 0.3 is 0 Å². The Balaban J connectivity index is 1.31. The molecule has 2 aliphatic heterocycles. The van der Waals surface area contributed by atoms with Gasteiger partial charge in [-0.1, -0.05) is 6.07 Å². The van der Waals surface area contributed by atoms with E-state index in [9.17, 15) is 13.2 Å². The van der Waals surface area contributed by atoms with E-state index in [1.165, 1.54) is 32.4 Å². The molecule has 3 aromatic carbocycles. The maximum atomic E-state index is 14.0. The lowest BCUT2D eigenvalue weighted by Crippen LogP contribution is -2.51. The van der Waals surface area contributed by atoms with Crippen molar-refractivity contribution in [2.24, 2.45) is 0 Å². The third-order valence-electron chi connectivity index (χ3n) is 7.23. The molecule has 0 atom stereocenters. The van der Waals surface area contributed by atoms with Crippen molar-refractivity contribution in [1.82, 2.24) is 9.80 Å². The van der Waals surface area contributed by atoms with Crippen LogP contribution in [0, 0.1) is 0 Å². The van der Waals surface area contributed by atoms with Crippen molar-refractivity contribution in [1.29, 1.82) is 0 Å². The minimum atomic E-state index is -4.15. The third-order valence-corrected chi connectivity index (χ3v) is 9.00. The molecular formula is C30H35N3O8S. The molecule has 2 heterocycles. The second-order valence-corrected chi connectivity index (χ2v) is 11.7. The van der Waals surface area contributed by atoms with Crippen molar-refractivity contribution in [3.05, 3.63) is 66.2 Å². The van der Waals surface area contributed by atoms with Crippen molar-refractivity contribution in [2.75, 3.05) is 64.6 Å². The lowest BCUT2D eigenvalue weighted by atomic mass is 10.1. The molecule has 0 N–H and O–H groups in total. The van der Waals surface area contributed by atoms with E-state index in [-0.39, 0.29) is 29.9 Å². The number of hydrogen-bond donors (Lipinski definition) is 0. The highest BCUT2D eigenvalue weighted by atomic mass is 32.2. The largest absolute Gasteiger partial charge is 0.494 e. The highest BCUT2D eigenvalue weighted by Gasteiger charge is 2.31. The summed E-state index contributed by atoms with van der Waals surface area (Å²) in [6.45, 7) is 5.22. The Morgan fingerprint density at radius 3 is 2.29 bits per heavy atom. The lowest BCUT2D eigenvalue weighted by molar-refractivity contribution is -0.131. The van der Waals surface area contributed by atoms with Crippen LogP contribution >= 0.6 is 0 Å². The fourth-order valence-electron chi connectivity index (χ4n) is 4.97. The van der Waals surface area contributed by atoms with Gasteiger partial charge in [0.2, 0.25) is 12.7 Å². The molecule has 3 aromatic rings. The second kappa shape index (κ2) is 12.8. The lowest BCUT2D eigenvalue weighted by Gasteiger charge is -2.36. The zero-order valence-corrected chi connectivity index (χ0v) is 24.8. The van der Waals surface area contributed by atoms with Gasteiger partial charge < -0.3 is 28.6 Å². The molecule has 12 heteroatoms. The smallest absolute Gasteiger partial charge is 0.264 e. The summed E-state index contributed by atoms with van der Waals surface area (Å²) < 4.78 is 56.1. The molecule has 0 saturated carbocycles. The summed E-state index contributed by atoms with van der Waals surface area (Å²) in [7, 11) is -1.23. The van der Waals surface area contributed by atoms with Gasteiger partial charge in [0.25, 0.3) is 10.0 Å². The Kier molecular flexibility index (Phi) is 8.93. The molecule has 42 heavy (non-hydrogen) atoms. The van der Waals surface area contributed by atoms with E-state index in [4.69, 9.17) is 23.7 Å². The van der Waals surface area contributed by atoms with Gasteiger partial charge in [0, 0.05) is 38.8 Å². The van der Waals surface area contributed by atoms with Crippen molar-refractivity contribution in [3.8, 4) is 28.7 Å². The molecule has 0 radical (unpaired) electrons. The average molecular weight is 598 g/mol. The summed E-state index contributed by atoms with van der Waals surface area (Å²) in [6, 6.07) is 16.9. The van der Waals surface area contributed by atoms with E-state index in [2.05, 4.69) is 4.90 Å². The molecule has 224 valence electrons. The number of hydrogen-bond acceptors (Lipinski definition) is 9. The summed E-state index contributed by atoms with van der Waals surface area (Å²) in [5.74, 6) is 2.49. The Morgan fingerprint density at radius 2 is 1.60 bits per heavy atom. The molecule has 1 fully saturated rings. The number of carbonyl (C=O) groups is 1. The maximum Gasteiger partial charge on any atom is 0.264 e. The number of nitrogens with zero attached hydrogens (tertiary/aromatic N) is 3. The molecule has 0 bridgehead atoms. The molecule has 5 rings (SSSR count). The van der Waals surface area contributed by atoms with Crippen LogP contribution in [0.15, 0.2) is 65.6 Å². The van der Waals surface area contributed by atoms with Gasteiger partial charge in [-0.15, -0.1) is 0 Å². The quantitative estimate of drug-likeness (QED) is 0.329. The van der Waals surface area contributed by atoms with Crippen LogP contribution in [0.3, 0.4) is 0 Å². The van der Waals surface area contributed by atoms with Crippen LogP contribution in [0.1, 0.15) is 12.5 Å². The summed E-state index contributed by atoms with van der Waals surface area (Å²) in [4.78, 5) is 17.5. The van der Waals surface area contributed by atoms with Gasteiger partial charge in [0.1, 0.15) is 12.3 Å². The predicted octanol–water partition coefficient (Wildman–Crippen LogP) is 3.37. The summed E-state index contributed by atoms with van der Waals surface area (Å²) in [6.07, 6.45) is 0. The van der Waals surface area contributed by atoms with Gasteiger partial charge in [-0.05, 0) is 61.0 Å². The van der Waals surface area contributed by atoms with Crippen molar-refractivity contribution < 1.29 is 36.9 Å². The van der Waals surface area contributed by atoms with Gasteiger partial charge in [-0.25, -0.2) is 8.42 Å². The topological polar surface area (TPSA) is 107 Å². The van der Waals surface area contributed by atoms with Crippen molar-refractivity contribution >= 4 is 21.6 Å². The molecule has 1 amide bonds. The normalized spacial score (nSPS) is 14.9. The van der Waals surface area contributed by atoms with E-state index < -0.39 is 10.0 Å². The van der Waals surface area contributed by atoms with Crippen LogP contribution in [-0.2, 0) is 21.4 Å². The molecule has 2 aliphatic rings. The van der Waals surface area contributed by atoms with E-state index in [0.717, 1.165) is 21.4 Å². The van der Waals surface area contributed by atoms with E-state index in [1.54, 1.807) is 29.2 Å². The fourth-order valence-corrected chi connectivity index (χ4v) is 6.40. The van der Waals surface area contributed by atoms with Gasteiger partial charge in [0.15, 0.2) is 23.0 Å². The molecule has 0 aliphatic carbocycles. The Morgan fingerprint density at radius 1 is 0.881 bits per heavy atom. The van der Waals surface area contributed by atoms with Crippen LogP contribution in [0.4, 0.5) is 5.69 Å². The number of benzene rings is 3. The number of anilines is 1. The highest BCUT2D eigenvalue weighted by Crippen LogP contribution is 2.34. The average Bonchev–Trinajstić information content (AvgIpc) is 3.48. The standard InChI is InChI=1S/C30H35N3O8S/c1-4-39-24-8-6-23(7-9-24)33(42(35,36)25-10-12-26(37-2)28(18-25)38-3)20-30(34)32-15-13-31(14-16-32)19-22-5-11-27-29(17-22)41-21-40-27/h5-12,17-18H,4,13-16,19-21H2,1-3H3. The van der Waals surface area contributed by atoms with E-state index >= 15 is 0 Å². The summed E-state index contributed by atoms with van der Waals surface area (Å²) >= 11 is 0. The summed E-state index contributed by atoms with van der Waals surface area (Å²) in [5, 5.41) is 0. The van der Waals surface area contributed by atoms with Crippen LogP contribution in [0.5, 0.6) is 28.7 Å². The first kappa shape index (κ1) is 29.3. The van der Waals surface area contributed by atoms with E-state index in [0.29, 0.717) is 56.5 Å². The first-order valence-electron chi connectivity index (χ1n) is 13.7. The number of amides is 1. The Bertz CT molecular complexity index is 1510. The second-order valence-electron chi connectivity index (χ2n) is 9.80. The van der Waals surface area contributed by atoms with Crippen molar-refractivity contribution in [2.45, 2.75) is 18.4 Å². The molecule has 0 spiro atoms. The first-order valence-corrected chi connectivity index (χ1v) is 15.1. The molecule has 0 unspecified atom stereocenters. The Labute approximate surface area is 246 Å². The van der Waals surface area contributed by atoms with E-state index in [1.807, 2.05) is 25.1 Å². The fraction of sp³-hybridized carbons (Fsp3) is 0.367. The number of methoxy groups -OCH3 is 2. The number of piperazine rings is 1.